The normalized spacial score (nSPS) is 10.4. The number of esters is 1. The van der Waals surface area contributed by atoms with Gasteiger partial charge in [-0.25, -0.2) is 0 Å². The summed E-state index contributed by atoms with van der Waals surface area (Å²) in [5.74, 6) is 1.07. The van der Waals surface area contributed by atoms with Crippen LogP contribution in [-0.2, 0) is 4.79 Å². The first-order valence-electron chi connectivity index (χ1n) is 6.54. The first-order valence-corrected chi connectivity index (χ1v) is 6.54. The molecule has 0 spiro atoms. The summed E-state index contributed by atoms with van der Waals surface area (Å²) >= 11 is 0. The third-order valence-corrected chi connectivity index (χ3v) is 2.83. The first-order chi connectivity index (χ1) is 9.20. The minimum atomic E-state index is -0.315. The maximum Gasteiger partial charge on any atom is 0.308 e. The second-order valence-electron chi connectivity index (χ2n) is 4.43. The Bertz CT molecular complexity index is 575. The smallest absolute Gasteiger partial charge is 0.308 e. The van der Waals surface area contributed by atoms with Gasteiger partial charge < -0.3 is 9.47 Å². The van der Waals surface area contributed by atoms with Crippen molar-refractivity contribution in [1.29, 1.82) is 0 Å². The van der Waals surface area contributed by atoms with Gasteiger partial charge in [0.1, 0.15) is 11.5 Å². The van der Waals surface area contributed by atoms with Gasteiger partial charge in [0, 0.05) is 12.3 Å². The fourth-order valence-corrected chi connectivity index (χ4v) is 1.89. The molecule has 0 heterocycles. The van der Waals surface area contributed by atoms with Crippen LogP contribution >= 0.6 is 0 Å². The number of unbranched alkanes of at least 4 members (excludes halogenated alkanes) is 1. The van der Waals surface area contributed by atoms with Crippen molar-refractivity contribution in [2.24, 2.45) is 0 Å². The van der Waals surface area contributed by atoms with E-state index in [9.17, 15) is 4.79 Å². The molecule has 0 radical (unpaired) electrons. The molecule has 2 rings (SSSR count). The summed E-state index contributed by atoms with van der Waals surface area (Å²) in [4.78, 5) is 11.1. The number of rotatable bonds is 5. The van der Waals surface area contributed by atoms with Gasteiger partial charge in [0.25, 0.3) is 0 Å². The Kier molecular flexibility index (Phi) is 4.39. The van der Waals surface area contributed by atoms with Crippen LogP contribution < -0.4 is 9.47 Å². The molecular weight excluding hydrogens is 240 g/mol. The summed E-state index contributed by atoms with van der Waals surface area (Å²) in [6.07, 6.45) is 2.13. The van der Waals surface area contributed by atoms with Crippen molar-refractivity contribution >= 4 is 16.7 Å². The largest absolute Gasteiger partial charge is 0.494 e. The molecule has 0 atom stereocenters. The van der Waals surface area contributed by atoms with E-state index < -0.39 is 0 Å². The Labute approximate surface area is 113 Å². The lowest BCUT2D eigenvalue weighted by atomic mass is 10.1. The Morgan fingerprint density at radius 3 is 2.79 bits per heavy atom. The van der Waals surface area contributed by atoms with E-state index in [2.05, 4.69) is 6.92 Å². The van der Waals surface area contributed by atoms with E-state index in [1.54, 1.807) is 6.07 Å². The van der Waals surface area contributed by atoms with Crippen LogP contribution in [0.15, 0.2) is 36.4 Å². The van der Waals surface area contributed by atoms with Crippen molar-refractivity contribution in [2.75, 3.05) is 6.61 Å². The Morgan fingerprint density at radius 1 is 1.21 bits per heavy atom. The van der Waals surface area contributed by atoms with Gasteiger partial charge in [-0.2, -0.15) is 0 Å². The molecule has 0 fully saturated rings. The molecule has 0 aromatic heterocycles. The van der Waals surface area contributed by atoms with Crippen LogP contribution in [0.1, 0.15) is 26.7 Å². The number of ether oxygens (including phenoxy) is 2. The molecule has 0 bridgehead atoms. The first kappa shape index (κ1) is 13.4. The molecule has 0 saturated carbocycles. The van der Waals surface area contributed by atoms with Crippen LogP contribution in [0.4, 0.5) is 0 Å². The zero-order chi connectivity index (χ0) is 13.7. The van der Waals surface area contributed by atoms with Gasteiger partial charge in [-0.15, -0.1) is 0 Å². The van der Waals surface area contributed by atoms with E-state index in [0.717, 1.165) is 29.4 Å². The highest BCUT2D eigenvalue weighted by molar-refractivity contribution is 5.91. The Balaban J connectivity index is 2.30. The molecule has 0 amide bonds. The number of hydrogen-bond donors (Lipinski definition) is 0. The summed E-state index contributed by atoms with van der Waals surface area (Å²) in [5, 5.41) is 1.92. The van der Waals surface area contributed by atoms with Crippen molar-refractivity contribution in [3.63, 3.8) is 0 Å². The average molecular weight is 258 g/mol. The third-order valence-electron chi connectivity index (χ3n) is 2.83. The van der Waals surface area contributed by atoms with Crippen molar-refractivity contribution in [3.8, 4) is 11.5 Å². The molecule has 0 aliphatic rings. The Hall–Kier alpha value is -2.03. The third kappa shape index (κ3) is 3.47. The van der Waals surface area contributed by atoms with Gasteiger partial charge in [-0.05, 0) is 30.0 Å². The molecule has 2 aromatic carbocycles. The van der Waals surface area contributed by atoms with Crippen molar-refractivity contribution in [3.05, 3.63) is 36.4 Å². The fourth-order valence-electron chi connectivity index (χ4n) is 1.89. The molecule has 3 heteroatoms. The topological polar surface area (TPSA) is 35.5 Å². The molecule has 2 aromatic rings. The van der Waals surface area contributed by atoms with Crippen LogP contribution in [0.3, 0.4) is 0 Å². The number of fused-ring (bicyclic) bond motifs is 1. The van der Waals surface area contributed by atoms with Gasteiger partial charge in [0.05, 0.1) is 6.61 Å². The van der Waals surface area contributed by atoms with E-state index in [-0.39, 0.29) is 5.97 Å². The monoisotopic (exact) mass is 258 g/mol. The van der Waals surface area contributed by atoms with Crippen molar-refractivity contribution < 1.29 is 14.3 Å². The lowest BCUT2D eigenvalue weighted by molar-refractivity contribution is -0.131. The van der Waals surface area contributed by atoms with Gasteiger partial charge >= 0.3 is 5.97 Å². The summed E-state index contributed by atoms with van der Waals surface area (Å²) in [5.41, 5.74) is 0. The predicted molar refractivity (Wildman–Crippen MR) is 75.7 cm³/mol. The second-order valence-corrected chi connectivity index (χ2v) is 4.43. The molecule has 0 aliphatic carbocycles. The van der Waals surface area contributed by atoms with Gasteiger partial charge in [-0.1, -0.05) is 31.5 Å². The number of hydrogen-bond acceptors (Lipinski definition) is 3. The van der Waals surface area contributed by atoms with Gasteiger partial charge in [0.15, 0.2) is 0 Å². The van der Waals surface area contributed by atoms with E-state index in [1.807, 2.05) is 30.3 Å². The highest BCUT2D eigenvalue weighted by atomic mass is 16.5. The predicted octanol–water partition coefficient (Wildman–Crippen LogP) is 3.94. The minimum Gasteiger partial charge on any atom is -0.494 e. The molecule has 100 valence electrons. The summed E-state index contributed by atoms with van der Waals surface area (Å²) in [6.45, 7) is 4.24. The van der Waals surface area contributed by atoms with Crippen LogP contribution in [0.5, 0.6) is 11.5 Å². The molecule has 0 aliphatic heterocycles. The van der Waals surface area contributed by atoms with Crippen molar-refractivity contribution in [1.82, 2.24) is 0 Å². The van der Waals surface area contributed by atoms with E-state index in [0.29, 0.717) is 12.4 Å². The second kappa shape index (κ2) is 6.23. The average Bonchev–Trinajstić information content (AvgIpc) is 2.39. The van der Waals surface area contributed by atoms with Crippen LogP contribution in [0.2, 0.25) is 0 Å². The standard InChI is InChI=1S/C16H18O3/c1-3-4-10-18-14-9-8-13-6-5-7-16(15(13)11-14)19-12(2)17/h5-9,11H,3-4,10H2,1-2H3. The zero-order valence-corrected chi connectivity index (χ0v) is 11.3. The maximum absolute atomic E-state index is 11.1. The lowest BCUT2D eigenvalue weighted by Gasteiger charge is -2.09. The molecule has 19 heavy (non-hydrogen) atoms. The zero-order valence-electron chi connectivity index (χ0n) is 11.3. The van der Waals surface area contributed by atoms with Crippen LogP contribution in [0.25, 0.3) is 10.8 Å². The van der Waals surface area contributed by atoms with Crippen LogP contribution in [0, 0.1) is 0 Å². The SMILES string of the molecule is CCCCOc1ccc2cccc(OC(C)=O)c2c1. The number of carbonyl (C=O) groups excluding carboxylic acids is 1. The molecule has 3 nitrogen and oxygen atoms in total. The number of carbonyl (C=O) groups is 1. The summed E-state index contributed by atoms with van der Waals surface area (Å²) in [6, 6.07) is 11.5. The summed E-state index contributed by atoms with van der Waals surface area (Å²) in [7, 11) is 0. The van der Waals surface area contributed by atoms with E-state index in [4.69, 9.17) is 9.47 Å². The van der Waals surface area contributed by atoms with E-state index >= 15 is 0 Å². The van der Waals surface area contributed by atoms with Gasteiger partial charge in [-0.3, -0.25) is 4.79 Å². The minimum absolute atomic E-state index is 0.315. The van der Waals surface area contributed by atoms with E-state index in [1.165, 1.54) is 6.92 Å². The molecule has 0 saturated heterocycles. The number of benzene rings is 2. The highest BCUT2D eigenvalue weighted by Crippen LogP contribution is 2.29. The highest BCUT2D eigenvalue weighted by Gasteiger charge is 2.06. The Morgan fingerprint density at radius 2 is 2.05 bits per heavy atom. The summed E-state index contributed by atoms with van der Waals surface area (Å²) < 4.78 is 10.9. The fraction of sp³-hybridized carbons (Fsp3) is 0.312. The molecular formula is C16H18O3. The maximum atomic E-state index is 11.1. The molecule has 0 N–H and O–H groups in total. The lowest BCUT2D eigenvalue weighted by Crippen LogP contribution is -2.02. The van der Waals surface area contributed by atoms with Gasteiger partial charge in [0.2, 0.25) is 0 Å². The van der Waals surface area contributed by atoms with Crippen LogP contribution in [-0.4, -0.2) is 12.6 Å². The molecule has 0 unspecified atom stereocenters. The quantitative estimate of drug-likeness (QED) is 0.463. The van der Waals surface area contributed by atoms with Crippen molar-refractivity contribution in [2.45, 2.75) is 26.7 Å².